The highest BCUT2D eigenvalue weighted by Gasteiger charge is 2.12. The monoisotopic (exact) mass is 335 g/mol. The molecular formula is C19H17N3O3. The highest BCUT2D eigenvalue weighted by molar-refractivity contribution is 6.05. The van der Waals surface area contributed by atoms with E-state index >= 15 is 0 Å². The van der Waals surface area contributed by atoms with Crippen LogP contribution in [0.1, 0.15) is 32.0 Å². The summed E-state index contributed by atoms with van der Waals surface area (Å²) in [5, 5.41) is 9.18. The molecule has 1 aromatic heterocycles. The Morgan fingerprint density at radius 2 is 1.68 bits per heavy atom. The molecule has 0 spiro atoms. The minimum Gasteiger partial charge on any atom is -0.360 e. The van der Waals surface area contributed by atoms with Crippen molar-refractivity contribution >= 4 is 17.6 Å². The smallest absolute Gasteiger partial charge is 0.256 e. The first-order valence-electron chi connectivity index (χ1n) is 7.79. The molecule has 25 heavy (non-hydrogen) atoms. The fourth-order valence-electron chi connectivity index (χ4n) is 2.30. The van der Waals surface area contributed by atoms with Gasteiger partial charge in [-0.1, -0.05) is 41.6 Å². The van der Waals surface area contributed by atoms with Gasteiger partial charge in [-0.3, -0.25) is 9.59 Å². The van der Waals surface area contributed by atoms with Crippen molar-refractivity contribution in [2.75, 3.05) is 5.32 Å². The molecule has 0 aliphatic carbocycles. The Bertz CT molecular complexity index is 888. The van der Waals surface area contributed by atoms with Crippen LogP contribution >= 0.6 is 0 Å². The van der Waals surface area contributed by atoms with Gasteiger partial charge in [0, 0.05) is 23.7 Å². The molecule has 0 radical (unpaired) electrons. The molecular weight excluding hydrogens is 318 g/mol. The van der Waals surface area contributed by atoms with E-state index in [2.05, 4.69) is 15.8 Å². The molecule has 1 heterocycles. The molecule has 0 aliphatic heterocycles. The van der Waals surface area contributed by atoms with Crippen molar-refractivity contribution in [3.8, 4) is 0 Å². The SMILES string of the molecule is Cc1cc(NC(=O)c2cccc(C(=O)NCc3ccccc3)c2)no1. The molecule has 2 aromatic carbocycles. The van der Waals surface area contributed by atoms with Crippen LogP contribution in [0.2, 0.25) is 0 Å². The number of nitrogens with zero attached hydrogens (tertiary/aromatic N) is 1. The normalized spacial score (nSPS) is 10.3. The van der Waals surface area contributed by atoms with Gasteiger partial charge in [-0.2, -0.15) is 0 Å². The predicted molar refractivity (Wildman–Crippen MR) is 93.2 cm³/mol. The van der Waals surface area contributed by atoms with Gasteiger partial charge in [-0.25, -0.2) is 0 Å². The van der Waals surface area contributed by atoms with E-state index in [1.54, 1.807) is 37.3 Å². The zero-order chi connectivity index (χ0) is 17.6. The maximum absolute atomic E-state index is 12.3. The molecule has 0 saturated heterocycles. The Kier molecular flexibility index (Phi) is 4.89. The Labute approximate surface area is 144 Å². The first-order valence-corrected chi connectivity index (χ1v) is 7.79. The quantitative estimate of drug-likeness (QED) is 0.750. The first kappa shape index (κ1) is 16.4. The van der Waals surface area contributed by atoms with Gasteiger partial charge < -0.3 is 15.2 Å². The molecule has 0 fully saturated rings. The van der Waals surface area contributed by atoms with Crippen molar-refractivity contribution in [2.45, 2.75) is 13.5 Å². The number of rotatable bonds is 5. The van der Waals surface area contributed by atoms with Crippen molar-refractivity contribution < 1.29 is 14.1 Å². The van der Waals surface area contributed by atoms with E-state index < -0.39 is 0 Å². The van der Waals surface area contributed by atoms with Crippen molar-refractivity contribution in [1.82, 2.24) is 10.5 Å². The van der Waals surface area contributed by atoms with E-state index in [1.807, 2.05) is 30.3 Å². The topological polar surface area (TPSA) is 84.2 Å². The van der Waals surface area contributed by atoms with Crippen LogP contribution in [0.15, 0.2) is 65.2 Å². The summed E-state index contributed by atoms with van der Waals surface area (Å²) in [6, 6.07) is 17.7. The minimum atomic E-state index is -0.356. The summed E-state index contributed by atoms with van der Waals surface area (Å²) in [5.41, 5.74) is 1.79. The zero-order valence-corrected chi connectivity index (χ0v) is 13.7. The van der Waals surface area contributed by atoms with Crippen LogP contribution in [0.25, 0.3) is 0 Å². The van der Waals surface area contributed by atoms with Crippen molar-refractivity contribution in [2.24, 2.45) is 0 Å². The fraction of sp³-hybridized carbons (Fsp3) is 0.105. The molecule has 3 aromatic rings. The van der Waals surface area contributed by atoms with Gasteiger partial charge in [0.25, 0.3) is 11.8 Å². The van der Waals surface area contributed by atoms with Crippen LogP contribution in [0.3, 0.4) is 0 Å². The number of hydrogen-bond donors (Lipinski definition) is 2. The highest BCUT2D eigenvalue weighted by Crippen LogP contribution is 2.11. The second kappa shape index (κ2) is 7.44. The van der Waals surface area contributed by atoms with E-state index in [9.17, 15) is 9.59 Å². The molecule has 0 saturated carbocycles. The summed E-state index contributed by atoms with van der Waals surface area (Å²) in [7, 11) is 0. The first-order chi connectivity index (χ1) is 12.1. The largest absolute Gasteiger partial charge is 0.360 e. The Morgan fingerprint density at radius 3 is 2.36 bits per heavy atom. The fourth-order valence-corrected chi connectivity index (χ4v) is 2.30. The molecule has 0 atom stereocenters. The zero-order valence-electron chi connectivity index (χ0n) is 13.7. The minimum absolute atomic E-state index is 0.240. The number of aromatic nitrogens is 1. The Balaban J connectivity index is 1.66. The third-order valence-corrected chi connectivity index (χ3v) is 3.55. The van der Waals surface area contributed by atoms with Gasteiger partial charge >= 0.3 is 0 Å². The molecule has 2 amide bonds. The lowest BCUT2D eigenvalue weighted by atomic mass is 10.1. The third-order valence-electron chi connectivity index (χ3n) is 3.55. The van der Waals surface area contributed by atoms with E-state index in [-0.39, 0.29) is 11.8 Å². The van der Waals surface area contributed by atoms with Gasteiger partial charge in [0.1, 0.15) is 5.76 Å². The number of anilines is 1. The van der Waals surface area contributed by atoms with Crippen LogP contribution < -0.4 is 10.6 Å². The van der Waals surface area contributed by atoms with Crippen LogP contribution in [-0.4, -0.2) is 17.0 Å². The van der Waals surface area contributed by atoms with Crippen LogP contribution in [0.4, 0.5) is 5.82 Å². The summed E-state index contributed by atoms with van der Waals surface area (Å²) in [5.74, 6) is 0.340. The van der Waals surface area contributed by atoms with Crippen molar-refractivity contribution in [1.29, 1.82) is 0 Å². The summed E-state index contributed by atoms with van der Waals surface area (Å²) >= 11 is 0. The third kappa shape index (κ3) is 4.32. The molecule has 0 unspecified atom stereocenters. The van der Waals surface area contributed by atoms with Gasteiger partial charge in [-0.05, 0) is 30.7 Å². The number of carbonyl (C=O) groups excluding carboxylic acids is 2. The van der Waals surface area contributed by atoms with Gasteiger partial charge in [-0.15, -0.1) is 0 Å². The van der Waals surface area contributed by atoms with Crippen LogP contribution in [0.5, 0.6) is 0 Å². The molecule has 0 aliphatic rings. The number of amides is 2. The van der Waals surface area contributed by atoms with Crippen molar-refractivity contribution in [3.05, 3.63) is 83.1 Å². The summed E-state index contributed by atoms with van der Waals surface area (Å²) in [4.78, 5) is 24.5. The molecule has 3 rings (SSSR count). The summed E-state index contributed by atoms with van der Waals surface area (Å²) in [6.45, 7) is 2.16. The van der Waals surface area contributed by atoms with E-state index in [0.29, 0.717) is 29.2 Å². The number of aryl methyl sites for hydroxylation is 1. The molecule has 0 bridgehead atoms. The predicted octanol–water partition coefficient (Wildman–Crippen LogP) is 3.17. The lowest BCUT2D eigenvalue weighted by molar-refractivity contribution is 0.0951. The average Bonchev–Trinajstić information content (AvgIpc) is 3.05. The van der Waals surface area contributed by atoms with E-state index in [1.165, 1.54) is 0 Å². The highest BCUT2D eigenvalue weighted by atomic mass is 16.5. The summed E-state index contributed by atoms with van der Waals surface area (Å²) < 4.78 is 4.91. The average molecular weight is 335 g/mol. The maximum atomic E-state index is 12.3. The number of hydrogen-bond acceptors (Lipinski definition) is 4. The lowest BCUT2D eigenvalue weighted by Crippen LogP contribution is -2.23. The Morgan fingerprint density at radius 1 is 0.960 bits per heavy atom. The lowest BCUT2D eigenvalue weighted by Gasteiger charge is -2.07. The molecule has 126 valence electrons. The van der Waals surface area contributed by atoms with E-state index in [0.717, 1.165) is 5.56 Å². The van der Waals surface area contributed by atoms with Crippen molar-refractivity contribution in [3.63, 3.8) is 0 Å². The maximum Gasteiger partial charge on any atom is 0.256 e. The van der Waals surface area contributed by atoms with Crippen LogP contribution in [0, 0.1) is 6.92 Å². The summed E-state index contributed by atoms with van der Waals surface area (Å²) in [6.07, 6.45) is 0. The van der Waals surface area contributed by atoms with E-state index in [4.69, 9.17) is 4.52 Å². The standard InChI is InChI=1S/C19H17N3O3/c1-13-10-17(22-25-13)21-19(24)16-9-5-8-15(11-16)18(23)20-12-14-6-3-2-4-7-14/h2-11H,12H2,1H3,(H,20,23)(H,21,22,24). The second-order valence-electron chi connectivity index (χ2n) is 5.53. The van der Waals surface area contributed by atoms with Gasteiger partial charge in [0.15, 0.2) is 5.82 Å². The molecule has 6 nitrogen and oxygen atoms in total. The number of carbonyl (C=O) groups is 2. The Hall–Kier alpha value is -3.41. The van der Waals surface area contributed by atoms with Crippen LogP contribution in [-0.2, 0) is 6.54 Å². The number of nitrogens with one attached hydrogen (secondary N) is 2. The number of benzene rings is 2. The van der Waals surface area contributed by atoms with Gasteiger partial charge in [0.2, 0.25) is 0 Å². The molecule has 2 N–H and O–H groups in total. The second-order valence-corrected chi connectivity index (χ2v) is 5.53. The molecule has 6 heteroatoms. The van der Waals surface area contributed by atoms with Gasteiger partial charge in [0.05, 0.1) is 0 Å².